The van der Waals surface area contributed by atoms with Crippen LogP contribution in [0.25, 0.3) is 0 Å². The number of nitrogens with zero attached hydrogens (tertiary/aromatic N) is 1. The van der Waals surface area contributed by atoms with Crippen LogP contribution in [0.2, 0.25) is 4.34 Å². The Morgan fingerprint density at radius 2 is 2.16 bits per heavy atom. The number of hydrogen-bond donors (Lipinski definition) is 0. The number of esters is 1. The number of thioether (sulfide) groups is 1. The molecule has 0 unspecified atom stereocenters. The molecule has 25 heavy (non-hydrogen) atoms. The standard InChI is InChI=1S/C16H14ClNO5S2/c1-9(19)18-10(8-24-15(18)12-3-2-6-22-12)16(21)23-7-11(20)13-4-5-14(17)25-13/h2-6,10,15H,7-8H2,1H3/t10-,15+/m0/s1. The summed E-state index contributed by atoms with van der Waals surface area (Å²) < 4.78 is 11.0. The number of carbonyl (C=O) groups is 3. The van der Waals surface area contributed by atoms with Crippen molar-refractivity contribution in [2.75, 3.05) is 12.4 Å². The van der Waals surface area contributed by atoms with Gasteiger partial charge in [0.1, 0.15) is 17.2 Å². The molecule has 0 spiro atoms. The van der Waals surface area contributed by atoms with Gasteiger partial charge in [0.15, 0.2) is 6.61 Å². The summed E-state index contributed by atoms with van der Waals surface area (Å²) in [5.74, 6) is -0.215. The van der Waals surface area contributed by atoms with Crippen LogP contribution in [0.5, 0.6) is 0 Å². The summed E-state index contributed by atoms with van der Waals surface area (Å²) in [4.78, 5) is 38.3. The SMILES string of the molecule is CC(=O)N1[C@@H](c2ccco2)SC[C@H]1C(=O)OCC(=O)c1ccc(Cl)s1. The largest absolute Gasteiger partial charge is 0.466 e. The minimum atomic E-state index is -0.752. The Balaban J connectivity index is 1.65. The van der Waals surface area contributed by atoms with E-state index < -0.39 is 12.0 Å². The quantitative estimate of drug-likeness (QED) is 0.566. The maximum atomic E-state index is 12.4. The normalized spacial score (nSPS) is 19.8. The van der Waals surface area contributed by atoms with Gasteiger partial charge in [0, 0.05) is 12.7 Å². The predicted molar refractivity (Wildman–Crippen MR) is 94.8 cm³/mol. The minimum absolute atomic E-state index is 0.260. The smallest absolute Gasteiger partial charge is 0.330 e. The third kappa shape index (κ3) is 3.91. The summed E-state index contributed by atoms with van der Waals surface area (Å²) in [6.45, 7) is 1.01. The Kier molecular flexibility index (Phi) is 5.51. The summed E-state index contributed by atoms with van der Waals surface area (Å²) in [7, 11) is 0. The molecular formula is C16H14ClNO5S2. The summed E-state index contributed by atoms with van der Waals surface area (Å²) in [5.41, 5.74) is 0. The number of amides is 1. The lowest BCUT2D eigenvalue weighted by molar-refractivity contribution is -0.152. The fraction of sp³-hybridized carbons (Fsp3) is 0.312. The number of ether oxygens (including phenoxy) is 1. The van der Waals surface area contributed by atoms with E-state index >= 15 is 0 Å². The monoisotopic (exact) mass is 399 g/mol. The molecule has 9 heteroatoms. The van der Waals surface area contributed by atoms with Gasteiger partial charge in [-0.2, -0.15) is 0 Å². The fourth-order valence-electron chi connectivity index (χ4n) is 2.49. The Labute approximate surface area is 157 Å². The average molecular weight is 400 g/mol. The Bertz CT molecular complexity index is 788. The highest BCUT2D eigenvalue weighted by molar-refractivity contribution is 7.99. The summed E-state index contributed by atoms with van der Waals surface area (Å²) in [6.07, 6.45) is 1.52. The van der Waals surface area contributed by atoms with Gasteiger partial charge in [0.2, 0.25) is 11.7 Å². The topological polar surface area (TPSA) is 76.8 Å². The minimum Gasteiger partial charge on any atom is -0.466 e. The van der Waals surface area contributed by atoms with Crippen molar-refractivity contribution in [2.45, 2.75) is 18.3 Å². The first-order valence-corrected chi connectivity index (χ1v) is 9.61. The van der Waals surface area contributed by atoms with E-state index in [1.54, 1.807) is 24.3 Å². The summed E-state index contributed by atoms with van der Waals surface area (Å²) in [6, 6.07) is 5.93. The number of rotatable bonds is 5. The molecule has 132 valence electrons. The van der Waals surface area contributed by atoms with E-state index in [4.69, 9.17) is 20.8 Å². The van der Waals surface area contributed by atoms with E-state index in [1.165, 1.54) is 29.8 Å². The molecule has 1 aliphatic rings. The third-order valence-corrected chi connectivity index (χ3v) is 6.17. The van der Waals surface area contributed by atoms with Crippen LogP contribution < -0.4 is 0 Å². The second-order valence-corrected chi connectivity index (χ2v) is 8.11. The molecule has 1 saturated heterocycles. The molecule has 1 fully saturated rings. The molecule has 2 aromatic heterocycles. The van der Waals surface area contributed by atoms with E-state index in [0.717, 1.165) is 11.3 Å². The van der Waals surface area contributed by atoms with Gasteiger partial charge in [-0.25, -0.2) is 4.79 Å². The van der Waals surface area contributed by atoms with Crippen LogP contribution in [0.1, 0.15) is 27.7 Å². The van der Waals surface area contributed by atoms with Crippen molar-refractivity contribution in [1.82, 2.24) is 4.90 Å². The molecule has 0 N–H and O–H groups in total. The van der Waals surface area contributed by atoms with E-state index in [0.29, 0.717) is 20.7 Å². The molecule has 0 saturated carbocycles. The van der Waals surface area contributed by atoms with Crippen molar-refractivity contribution in [1.29, 1.82) is 0 Å². The second kappa shape index (κ2) is 7.63. The van der Waals surface area contributed by atoms with E-state index in [9.17, 15) is 14.4 Å². The Hall–Kier alpha value is -1.77. The number of thiophene rings is 1. The van der Waals surface area contributed by atoms with Gasteiger partial charge >= 0.3 is 5.97 Å². The zero-order chi connectivity index (χ0) is 18.0. The van der Waals surface area contributed by atoms with Crippen molar-refractivity contribution in [2.24, 2.45) is 0 Å². The van der Waals surface area contributed by atoms with Gasteiger partial charge in [-0.1, -0.05) is 11.6 Å². The zero-order valence-electron chi connectivity index (χ0n) is 13.1. The molecule has 3 rings (SSSR count). The van der Waals surface area contributed by atoms with E-state index in [1.807, 2.05) is 0 Å². The maximum Gasteiger partial charge on any atom is 0.330 e. The molecule has 2 atom stereocenters. The molecule has 6 nitrogen and oxygen atoms in total. The average Bonchev–Trinajstić information content (AvgIpc) is 3.30. The molecular weight excluding hydrogens is 386 g/mol. The highest BCUT2D eigenvalue weighted by atomic mass is 35.5. The van der Waals surface area contributed by atoms with Crippen molar-refractivity contribution in [3.05, 3.63) is 45.5 Å². The molecule has 2 aromatic rings. The van der Waals surface area contributed by atoms with Crippen LogP contribution in [0.15, 0.2) is 34.9 Å². The number of ketones is 1. The van der Waals surface area contributed by atoms with Gasteiger partial charge in [-0.3, -0.25) is 9.59 Å². The maximum absolute atomic E-state index is 12.4. The van der Waals surface area contributed by atoms with Crippen molar-refractivity contribution in [3.8, 4) is 0 Å². The van der Waals surface area contributed by atoms with Gasteiger partial charge in [-0.05, 0) is 24.3 Å². The number of carbonyl (C=O) groups excluding carboxylic acids is 3. The van der Waals surface area contributed by atoms with Crippen LogP contribution in [0.4, 0.5) is 0 Å². The molecule has 3 heterocycles. The van der Waals surface area contributed by atoms with Crippen molar-refractivity contribution < 1.29 is 23.5 Å². The Morgan fingerprint density at radius 3 is 2.76 bits per heavy atom. The van der Waals surface area contributed by atoms with E-state index in [-0.39, 0.29) is 23.7 Å². The zero-order valence-corrected chi connectivity index (χ0v) is 15.5. The molecule has 1 aliphatic heterocycles. The number of Topliss-reactive ketones (excluding diaryl/α,β-unsaturated/α-hetero) is 1. The Morgan fingerprint density at radius 1 is 1.36 bits per heavy atom. The van der Waals surface area contributed by atoms with Crippen LogP contribution in [-0.4, -0.2) is 41.0 Å². The lowest BCUT2D eigenvalue weighted by Crippen LogP contribution is -2.43. The summed E-state index contributed by atoms with van der Waals surface area (Å²) >= 11 is 8.34. The first-order chi connectivity index (χ1) is 12.0. The van der Waals surface area contributed by atoms with Crippen LogP contribution in [0, 0.1) is 0 Å². The molecule has 0 aromatic carbocycles. The van der Waals surface area contributed by atoms with Gasteiger partial charge < -0.3 is 14.1 Å². The fourth-order valence-corrected chi connectivity index (χ4v) is 4.87. The van der Waals surface area contributed by atoms with Crippen LogP contribution >= 0.6 is 34.7 Å². The second-order valence-electron chi connectivity index (χ2n) is 5.28. The number of furan rings is 1. The highest BCUT2D eigenvalue weighted by Gasteiger charge is 2.43. The van der Waals surface area contributed by atoms with Crippen LogP contribution in [0.3, 0.4) is 0 Å². The number of halogens is 1. The van der Waals surface area contributed by atoms with Crippen LogP contribution in [-0.2, 0) is 14.3 Å². The first-order valence-electron chi connectivity index (χ1n) is 7.36. The molecule has 0 aliphatic carbocycles. The molecule has 0 radical (unpaired) electrons. The highest BCUT2D eigenvalue weighted by Crippen LogP contribution is 2.41. The first kappa shape index (κ1) is 18.0. The predicted octanol–water partition coefficient (Wildman–Crippen LogP) is 3.38. The van der Waals surface area contributed by atoms with Crippen molar-refractivity contribution >= 4 is 52.4 Å². The molecule has 0 bridgehead atoms. The lowest BCUT2D eigenvalue weighted by Gasteiger charge is -2.25. The van der Waals surface area contributed by atoms with Crippen molar-refractivity contribution in [3.63, 3.8) is 0 Å². The number of hydrogen-bond acceptors (Lipinski definition) is 7. The van der Waals surface area contributed by atoms with E-state index in [2.05, 4.69) is 0 Å². The van der Waals surface area contributed by atoms with Gasteiger partial charge in [0.05, 0.1) is 15.5 Å². The third-order valence-electron chi connectivity index (χ3n) is 3.62. The lowest BCUT2D eigenvalue weighted by atomic mass is 10.2. The molecule has 1 amide bonds. The summed E-state index contributed by atoms with van der Waals surface area (Å²) in [5, 5.41) is -0.378. The van der Waals surface area contributed by atoms with Gasteiger partial charge in [0.25, 0.3) is 0 Å². The van der Waals surface area contributed by atoms with Gasteiger partial charge in [-0.15, -0.1) is 23.1 Å².